The topological polar surface area (TPSA) is 97.1 Å². The molecule has 1 N–H and O–H groups in total. The average molecular weight is 444 g/mol. The van der Waals surface area contributed by atoms with Crippen molar-refractivity contribution in [3.63, 3.8) is 0 Å². The summed E-state index contributed by atoms with van der Waals surface area (Å²) in [6.45, 7) is 2.56. The van der Waals surface area contributed by atoms with Gasteiger partial charge in [0.15, 0.2) is 6.61 Å². The van der Waals surface area contributed by atoms with Gasteiger partial charge in [0.05, 0.1) is 11.9 Å². The number of likely N-dealkylation sites (tertiary alicyclic amines) is 1. The highest BCUT2D eigenvalue weighted by atomic mass is 16.5. The van der Waals surface area contributed by atoms with E-state index in [0.29, 0.717) is 24.0 Å². The first-order valence-corrected chi connectivity index (χ1v) is 11.1. The van der Waals surface area contributed by atoms with Crippen LogP contribution in [0.5, 0.6) is 5.75 Å². The molecular weight excluding hydrogens is 418 g/mol. The van der Waals surface area contributed by atoms with E-state index in [0.717, 1.165) is 41.9 Å². The molecule has 0 aliphatic carbocycles. The molecule has 33 heavy (non-hydrogen) atoms. The van der Waals surface area contributed by atoms with Crippen LogP contribution in [0.4, 0.5) is 0 Å². The molecule has 1 fully saturated rings. The van der Waals surface area contributed by atoms with E-state index >= 15 is 0 Å². The van der Waals surface area contributed by atoms with Crippen molar-refractivity contribution >= 4 is 5.91 Å². The van der Waals surface area contributed by atoms with Crippen LogP contribution in [-0.2, 0) is 4.79 Å². The van der Waals surface area contributed by atoms with Gasteiger partial charge in [0, 0.05) is 12.1 Å². The monoisotopic (exact) mass is 443 g/mol. The van der Waals surface area contributed by atoms with Gasteiger partial charge in [0.2, 0.25) is 11.7 Å². The first-order valence-electron chi connectivity index (χ1n) is 11.1. The number of nitrogens with one attached hydrogen (secondary N) is 1. The maximum Gasteiger partial charge on any atom is 0.261 e. The molecule has 2 aromatic carbocycles. The molecule has 2 aromatic heterocycles. The molecule has 1 saturated heterocycles. The minimum atomic E-state index is -0.237. The first kappa shape index (κ1) is 20.9. The molecule has 5 rings (SSSR count). The summed E-state index contributed by atoms with van der Waals surface area (Å²) in [4.78, 5) is 26.8. The van der Waals surface area contributed by atoms with Gasteiger partial charge >= 0.3 is 0 Å². The Morgan fingerprint density at radius 2 is 1.91 bits per heavy atom. The second-order valence-corrected chi connectivity index (χ2v) is 8.12. The van der Waals surface area contributed by atoms with Gasteiger partial charge in [-0.25, -0.2) is 4.98 Å². The summed E-state index contributed by atoms with van der Waals surface area (Å²) in [5.74, 6) is 2.44. The van der Waals surface area contributed by atoms with Crippen molar-refractivity contribution < 1.29 is 14.1 Å². The van der Waals surface area contributed by atoms with Gasteiger partial charge in [-0.3, -0.25) is 4.79 Å². The molecule has 0 spiro atoms. The maximum absolute atomic E-state index is 12.9. The third-order valence-electron chi connectivity index (χ3n) is 5.81. The number of piperidine rings is 1. The van der Waals surface area contributed by atoms with E-state index in [9.17, 15) is 4.79 Å². The lowest BCUT2D eigenvalue weighted by molar-refractivity contribution is -0.138. The SMILES string of the molecule is Cc1ncc(-c2ccc(-c3noc([C@H]4CCCCN4C(=O)COc4ccccc4)n3)cc2)[nH]1. The number of amides is 1. The predicted molar refractivity (Wildman–Crippen MR) is 122 cm³/mol. The Bertz CT molecular complexity index is 1220. The Morgan fingerprint density at radius 1 is 1.12 bits per heavy atom. The van der Waals surface area contributed by atoms with Crippen molar-refractivity contribution in [1.82, 2.24) is 25.0 Å². The number of aromatic nitrogens is 4. The number of para-hydroxylation sites is 1. The zero-order chi connectivity index (χ0) is 22.6. The van der Waals surface area contributed by atoms with Crippen LogP contribution >= 0.6 is 0 Å². The van der Waals surface area contributed by atoms with E-state index in [1.165, 1.54) is 0 Å². The highest BCUT2D eigenvalue weighted by Crippen LogP contribution is 2.31. The van der Waals surface area contributed by atoms with Gasteiger partial charge in [-0.15, -0.1) is 0 Å². The molecule has 0 saturated carbocycles. The van der Waals surface area contributed by atoms with E-state index in [4.69, 9.17) is 9.26 Å². The van der Waals surface area contributed by atoms with Crippen molar-refractivity contribution in [1.29, 1.82) is 0 Å². The van der Waals surface area contributed by atoms with Gasteiger partial charge in [-0.1, -0.05) is 47.6 Å². The van der Waals surface area contributed by atoms with Crippen LogP contribution in [0.25, 0.3) is 22.6 Å². The summed E-state index contributed by atoms with van der Waals surface area (Å²) in [6, 6.07) is 17.0. The van der Waals surface area contributed by atoms with Gasteiger partial charge in [-0.2, -0.15) is 4.98 Å². The number of hydrogen-bond acceptors (Lipinski definition) is 6. The molecule has 0 unspecified atom stereocenters. The number of imidazole rings is 1. The standard InChI is InChI=1S/C25H25N5O3/c1-17-26-15-21(27-17)18-10-12-19(13-11-18)24-28-25(33-29-24)22-9-5-6-14-30(22)23(31)16-32-20-7-3-2-4-8-20/h2-4,7-8,10-13,15,22H,5-6,9,14,16H2,1H3,(H,26,27)/t22-/m1/s1. The number of carbonyl (C=O) groups is 1. The fraction of sp³-hybridized carbons (Fsp3) is 0.280. The minimum absolute atomic E-state index is 0.0178. The number of aromatic amines is 1. The number of H-pyrrole nitrogens is 1. The molecule has 3 heterocycles. The highest BCUT2D eigenvalue weighted by molar-refractivity contribution is 5.78. The fourth-order valence-electron chi connectivity index (χ4n) is 4.09. The van der Waals surface area contributed by atoms with Crippen molar-refractivity contribution in [2.75, 3.05) is 13.2 Å². The van der Waals surface area contributed by atoms with Crippen LogP contribution in [0.3, 0.4) is 0 Å². The van der Waals surface area contributed by atoms with Gasteiger partial charge < -0.3 is 19.1 Å². The predicted octanol–water partition coefficient (Wildman–Crippen LogP) is 4.57. The third-order valence-corrected chi connectivity index (χ3v) is 5.81. The van der Waals surface area contributed by atoms with Crippen LogP contribution in [-0.4, -0.2) is 44.1 Å². The first-order chi connectivity index (χ1) is 16.2. The summed E-state index contributed by atoms with van der Waals surface area (Å²) in [6.07, 6.45) is 4.55. The molecule has 1 atom stereocenters. The van der Waals surface area contributed by atoms with Crippen molar-refractivity contribution in [2.45, 2.75) is 32.2 Å². The summed E-state index contributed by atoms with van der Waals surface area (Å²) in [5.41, 5.74) is 2.85. The molecule has 1 aliphatic rings. The lowest BCUT2D eigenvalue weighted by atomic mass is 10.0. The molecule has 0 bridgehead atoms. The summed E-state index contributed by atoms with van der Waals surface area (Å²) < 4.78 is 11.3. The number of ether oxygens (including phenoxy) is 1. The average Bonchev–Trinajstić information content (AvgIpc) is 3.53. The Labute approximate surface area is 191 Å². The third kappa shape index (κ3) is 4.64. The van der Waals surface area contributed by atoms with Crippen LogP contribution in [0.15, 0.2) is 65.3 Å². The van der Waals surface area contributed by atoms with Gasteiger partial charge in [0.1, 0.15) is 17.6 Å². The molecule has 8 nitrogen and oxygen atoms in total. The van der Waals surface area contributed by atoms with E-state index in [-0.39, 0.29) is 18.6 Å². The fourth-order valence-corrected chi connectivity index (χ4v) is 4.09. The minimum Gasteiger partial charge on any atom is -0.484 e. The Kier molecular flexibility index (Phi) is 5.89. The quantitative estimate of drug-likeness (QED) is 0.469. The van der Waals surface area contributed by atoms with Crippen LogP contribution in [0, 0.1) is 6.92 Å². The van der Waals surface area contributed by atoms with Crippen molar-refractivity contribution in [3.05, 3.63) is 72.5 Å². The van der Waals surface area contributed by atoms with E-state index in [1.807, 2.05) is 67.7 Å². The lowest BCUT2D eigenvalue weighted by Crippen LogP contribution is -2.41. The van der Waals surface area contributed by atoms with Crippen molar-refractivity contribution in [3.8, 4) is 28.4 Å². The van der Waals surface area contributed by atoms with Crippen molar-refractivity contribution in [2.24, 2.45) is 0 Å². The number of benzene rings is 2. The molecule has 4 aromatic rings. The van der Waals surface area contributed by atoms with E-state index in [1.54, 1.807) is 4.90 Å². The normalized spacial score (nSPS) is 16.0. The molecule has 0 radical (unpaired) electrons. The van der Waals surface area contributed by atoms with Gasteiger partial charge in [0.25, 0.3) is 5.91 Å². The molecular formula is C25H25N5O3. The molecule has 1 aliphatic heterocycles. The van der Waals surface area contributed by atoms with E-state index < -0.39 is 0 Å². The van der Waals surface area contributed by atoms with Crippen LogP contribution < -0.4 is 4.74 Å². The smallest absolute Gasteiger partial charge is 0.261 e. The number of rotatable bonds is 6. The van der Waals surface area contributed by atoms with Crippen LogP contribution in [0.2, 0.25) is 0 Å². The molecule has 8 heteroatoms. The number of hydrogen-bond donors (Lipinski definition) is 1. The second kappa shape index (κ2) is 9.28. The summed E-state index contributed by atoms with van der Waals surface area (Å²) in [7, 11) is 0. The highest BCUT2D eigenvalue weighted by Gasteiger charge is 2.32. The summed E-state index contributed by atoms with van der Waals surface area (Å²) >= 11 is 0. The zero-order valence-corrected chi connectivity index (χ0v) is 18.4. The summed E-state index contributed by atoms with van der Waals surface area (Å²) in [5, 5.41) is 4.18. The van der Waals surface area contributed by atoms with Gasteiger partial charge in [-0.05, 0) is 43.9 Å². The maximum atomic E-state index is 12.9. The molecule has 168 valence electrons. The molecule has 1 amide bonds. The van der Waals surface area contributed by atoms with Crippen LogP contribution in [0.1, 0.15) is 37.0 Å². The number of aryl methyl sites for hydroxylation is 1. The lowest BCUT2D eigenvalue weighted by Gasteiger charge is -2.33. The largest absolute Gasteiger partial charge is 0.484 e. The Hall–Kier alpha value is -3.94. The second-order valence-electron chi connectivity index (χ2n) is 8.12. The van der Waals surface area contributed by atoms with E-state index in [2.05, 4.69) is 20.1 Å². The Balaban J connectivity index is 1.29. The zero-order valence-electron chi connectivity index (χ0n) is 18.4. The Morgan fingerprint density at radius 3 is 2.67 bits per heavy atom. The number of nitrogens with zero attached hydrogens (tertiary/aromatic N) is 4. The number of carbonyl (C=O) groups excluding carboxylic acids is 1.